The molecule has 0 saturated heterocycles. The maximum Gasteiger partial charge on any atom is 0.326 e. The number of nitrogens with two attached hydrogens (primary N) is 1. The lowest BCUT2D eigenvalue weighted by Gasteiger charge is -2.37. The molecule has 0 bridgehead atoms. The van der Waals surface area contributed by atoms with E-state index >= 15 is 0 Å². The van der Waals surface area contributed by atoms with Crippen molar-refractivity contribution in [3.63, 3.8) is 0 Å². The molecule has 67 heavy (non-hydrogen) atoms. The van der Waals surface area contributed by atoms with E-state index in [-0.39, 0.29) is 18.8 Å². The third-order valence-electron chi connectivity index (χ3n) is 12.3. The maximum absolute atomic E-state index is 14.5. The Morgan fingerprint density at radius 3 is 1.10 bits per heavy atom. The molecule has 5 N–H and O–H groups in total. The summed E-state index contributed by atoms with van der Waals surface area (Å²) in [6, 6.07) is 57.1. The highest BCUT2D eigenvalue weighted by Gasteiger charge is 2.40. The zero-order valence-electron chi connectivity index (χ0n) is 37.6. The SMILES string of the molecule is CC(C)C[C@H](N)C(=O)N[C@@H](Cc1cn(C(c2ccccc2)(c2ccccc2)c2ccccc2)cn1)C(=O)N[C@@H](Cc1cn(C(c2ccccc2)(c2ccccc2)c2ccccc2)cn1)C(=O)O. The fraction of sp³-hybridized carbons (Fsp3) is 0.196. The van der Waals surface area contributed by atoms with E-state index in [0.29, 0.717) is 17.8 Å². The largest absolute Gasteiger partial charge is 0.480 e. The number of hydrogen-bond donors (Lipinski definition) is 4. The summed E-state index contributed by atoms with van der Waals surface area (Å²) in [5, 5.41) is 16.3. The van der Waals surface area contributed by atoms with Gasteiger partial charge in [0.1, 0.15) is 23.2 Å². The summed E-state index contributed by atoms with van der Waals surface area (Å²) in [5.74, 6) is -2.36. The summed E-state index contributed by atoms with van der Waals surface area (Å²) in [7, 11) is 0. The monoisotopic (exact) mass is 889 g/mol. The number of imidazole rings is 2. The number of nitrogens with zero attached hydrogens (tertiary/aromatic N) is 4. The highest BCUT2D eigenvalue weighted by molar-refractivity contribution is 5.92. The molecule has 6 aromatic carbocycles. The van der Waals surface area contributed by atoms with Crippen molar-refractivity contribution < 1.29 is 19.5 Å². The van der Waals surface area contributed by atoms with Crippen LogP contribution in [0.25, 0.3) is 0 Å². The van der Waals surface area contributed by atoms with E-state index < -0.39 is 47.0 Å². The van der Waals surface area contributed by atoms with E-state index in [2.05, 4.69) is 83.4 Å². The van der Waals surface area contributed by atoms with Crippen LogP contribution < -0.4 is 16.4 Å². The fourth-order valence-electron chi connectivity index (χ4n) is 9.27. The topological polar surface area (TPSA) is 157 Å². The molecule has 0 aliphatic rings. The predicted octanol–water partition coefficient (Wildman–Crippen LogP) is 7.97. The first-order valence-corrected chi connectivity index (χ1v) is 22.6. The third kappa shape index (κ3) is 9.59. The number of hydrogen-bond acceptors (Lipinski definition) is 6. The number of aliphatic carboxylic acids is 1. The van der Waals surface area contributed by atoms with Gasteiger partial charge in [-0.2, -0.15) is 0 Å². The van der Waals surface area contributed by atoms with Crippen molar-refractivity contribution in [1.82, 2.24) is 29.7 Å². The molecule has 8 rings (SSSR count). The molecule has 0 saturated carbocycles. The number of carboxylic acid groups (broad SMARTS) is 1. The van der Waals surface area contributed by atoms with Gasteiger partial charge in [0.2, 0.25) is 11.8 Å². The van der Waals surface area contributed by atoms with Crippen LogP contribution in [0.2, 0.25) is 0 Å². The van der Waals surface area contributed by atoms with Crippen LogP contribution in [0.1, 0.15) is 65.0 Å². The second kappa shape index (κ2) is 20.5. The van der Waals surface area contributed by atoms with Crippen LogP contribution in [0.3, 0.4) is 0 Å². The molecule has 2 heterocycles. The van der Waals surface area contributed by atoms with Gasteiger partial charge in [-0.15, -0.1) is 0 Å². The summed E-state index contributed by atoms with van der Waals surface area (Å²) in [5.41, 5.74) is 11.4. The quantitative estimate of drug-likeness (QED) is 0.0600. The summed E-state index contributed by atoms with van der Waals surface area (Å²) >= 11 is 0. The molecule has 0 aliphatic carbocycles. The Morgan fingerprint density at radius 1 is 0.507 bits per heavy atom. The van der Waals surface area contributed by atoms with Gasteiger partial charge in [0.05, 0.1) is 30.1 Å². The highest BCUT2D eigenvalue weighted by atomic mass is 16.4. The minimum absolute atomic E-state index is 0.0534. The summed E-state index contributed by atoms with van der Waals surface area (Å²) in [6.45, 7) is 3.93. The molecule has 3 atom stereocenters. The van der Waals surface area contributed by atoms with Crippen LogP contribution >= 0.6 is 0 Å². The number of nitrogens with one attached hydrogen (secondary N) is 2. The van der Waals surface area contributed by atoms with Gasteiger partial charge < -0.3 is 30.6 Å². The molecular formula is C56H55N7O4. The number of carbonyl (C=O) groups is 3. The van der Waals surface area contributed by atoms with Crippen molar-refractivity contribution in [2.24, 2.45) is 11.7 Å². The second-order valence-electron chi connectivity index (χ2n) is 17.3. The lowest BCUT2D eigenvalue weighted by Crippen LogP contribution is -2.55. The van der Waals surface area contributed by atoms with E-state index in [1.165, 1.54) is 0 Å². The van der Waals surface area contributed by atoms with Crippen molar-refractivity contribution in [3.05, 3.63) is 252 Å². The number of benzene rings is 6. The Bertz CT molecular complexity index is 2660. The van der Waals surface area contributed by atoms with Crippen LogP contribution in [0.4, 0.5) is 0 Å². The minimum Gasteiger partial charge on any atom is -0.480 e. The number of aromatic nitrogens is 4. The Labute approximate surface area is 391 Å². The molecule has 338 valence electrons. The lowest BCUT2D eigenvalue weighted by molar-refractivity contribution is -0.142. The summed E-state index contributed by atoms with van der Waals surface area (Å²) in [6.07, 6.45) is 7.36. The van der Waals surface area contributed by atoms with Crippen molar-refractivity contribution in [1.29, 1.82) is 0 Å². The van der Waals surface area contributed by atoms with E-state index in [4.69, 9.17) is 15.7 Å². The average molecular weight is 890 g/mol. The van der Waals surface area contributed by atoms with Gasteiger partial charge in [0.15, 0.2) is 0 Å². The van der Waals surface area contributed by atoms with Gasteiger partial charge in [-0.1, -0.05) is 196 Å². The van der Waals surface area contributed by atoms with E-state index in [9.17, 15) is 19.5 Å². The van der Waals surface area contributed by atoms with Crippen molar-refractivity contribution in [2.45, 2.75) is 62.3 Å². The van der Waals surface area contributed by atoms with Gasteiger partial charge in [-0.05, 0) is 45.7 Å². The van der Waals surface area contributed by atoms with Gasteiger partial charge in [-0.25, -0.2) is 14.8 Å². The normalized spacial score (nSPS) is 13.1. The zero-order valence-corrected chi connectivity index (χ0v) is 37.6. The van der Waals surface area contributed by atoms with Crippen LogP contribution in [-0.2, 0) is 38.3 Å². The molecule has 11 heteroatoms. The van der Waals surface area contributed by atoms with Gasteiger partial charge >= 0.3 is 5.97 Å². The predicted molar refractivity (Wildman–Crippen MR) is 260 cm³/mol. The molecule has 0 fully saturated rings. The fourth-order valence-corrected chi connectivity index (χ4v) is 9.27. The molecular weight excluding hydrogens is 835 g/mol. The van der Waals surface area contributed by atoms with Crippen LogP contribution in [0, 0.1) is 5.92 Å². The van der Waals surface area contributed by atoms with E-state index in [1.807, 2.05) is 145 Å². The van der Waals surface area contributed by atoms with Gasteiger partial charge in [0, 0.05) is 25.2 Å². The maximum atomic E-state index is 14.5. The Hall–Kier alpha value is -7.89. The Balaban J connectivity index is 1.13. The number of carboxylic acids is 1. The molecule has 2 aromatic heterocycles. The third-order valence-corrected chi connectivity index (χ3v) is 12.3. The smallest absolute Gasteiger partial charge is 0.326 e. The van der Waals surface area contributed by atoms with E-state index in [1.54, 1.807) is 12.7 Å². The first-order chi connectivity index (χ1) is 32.6. The molecule has 2 amide bonds. The van der Waals surface area contributed by atoms with Crippen molar-refractivity contribution >= 4 is 17.8 Å². The van der Waals surface area contributed by atoms with Crippen molar-refractivity contribution in [3.8, 4) is 0 Å². The number of amides is 2. The van der Waals surface area contributed by atoms with Gasteiger partial charge in [0.25, 0.3) is 0 Å². The summed E-state index contributed by atoms with van der Waals surface area (Å²) in [4.78, 5) is 50.9. The molecule has 0 aliphatic heterocycles. The number of carbonyl (C=O) groups excluding carboxylic acids is 2. The van der Waals surface area contributed by atoms with Crippen LogP contribution in [-0.4, -0.2) is 60.1 Å². The first kappa shape index (κ1) is 45.7. The highest BCUT2D eigenvalue weighted by Crippen LogP contribution is 2.42. The van der Waals surface area contributed by atoms with Crippen LogP contribution in [0.5, 0.6) is 0 Å². The standard InChI is InChI=1S/C56H55N7O4/c1-40(2)33-49(57)52(64)60-50(34-47-36-62(38-58-47)55(41-21-9-3-10-22-41,42-23-11-4-12-24-42)43-25-13-5-14-26-43)53(65)61-51(54(66)67)35-48-37-63(39-59-48)56(44-27-15-6-16-28-44,45-29-17-7-18-30-45)46-31-19-8-20-32-46/h3-32,36-40,49-51H,33-35,57H2,1-2H3,(H,60,64)(H,61,65)(H,66,67)/t49-,50-,51-/m0/s1. The Kier molecular flexibility index (Phi) is 14.0. The first-order valence-electron chi connectivity index (χ1n) is 22.6. The Morgan fingerprint density at radius 2 is 0.806 bits per heavy atom. The molecule has 11 nitrogen and oxygen atoms in total. The van der Waals surface area contributed by atoms with E-state index in [0.717, 1.165) is 33.4 Å². The van der Waals surface area contributed by atoms with Crippen LogP contribution in [0.15, 0.2) is 207 Å². The zero-order chi connectivity index (χ0) is 46.8. The van der Waals surface area contributed by atoms with Crippen molar-refractivity contribution in [2.75, 3.05) is 0 Å². The minimum atomic E-state index is -1.40. The average Bonchev–Trinajstić information content (AvgIpc) is 4.04. The van der Waals surface area contributed by atoms with Gasteiger partial charge in [-0.3, -0.25) is 9.59 Å². The molecule has 0 radical (unpaired) electrons. The molecule has 0 spiro atoms. The second-order valence-corrected chi connectivity index (χ2v) is 17.3. The molecule has 8 aromatic rings. The number of rotatable bonds is 19. The summed E-state index contributed by atoms with van der Waals surface area (Å²) < 4.78 is 4.03. The molecule has 0 unspecified atom stereocenters. The lowest BCUT2D eigenvalue weighted by atomic mass is 9.77.